The summed E-state index contributed by atoms with van der Waals surface area (Å²) in [5.41, 5.74) is 0.724. The molecule has 1 aromatic rings. The van der Waals surface area contributed by atoms with E-state index in [4.69, 9.17) is 21.1 Å². The molecule has 192 valence electrons. The molecule has 0 radical (unpaired) electrons. The first-order valence-electron chi connectivity index (χ1n) is 11.5. The second-order valence-corrected chi connectivity index (χ2v) is 9.14. The van der Waals surface area contributed by atoms with Gasteiger partial charge in [-0.1, -0.05) is 37.6 Å². The summed E-state index contributed by atoms with van der Waals surface area (Å²) in [5.74, 6) is -1.36. The van der Waals surface area contributed by atoms with Gasteiger partial charge in [-0.2, -0.15) is 0 Å². The van der Waals surface area contributed by atoms with E-state index in [2.05, 4.69) is 10.6 Å². The molecule has 2 N–H and O–H groups in total. The SMILES string of the molecule is CC(C)C(=O)OCC(=O)CN1C(=O)C(NC(=O)OCc2cccc(Cl)c2)CC1C.O=C1CCCN1. The highest BCUT2D eigenvalue weighted by Crippen LogP contribution is 2.19. The third kappa shape index (κ3) is 9.56. The Labute approximate surface area is 209 Å². The quantitative estimate of drug-likeness (QED) is 0.513. The summed E-state index contributed by atoms with van der Waals surface area (Å²) in [4.78, 5) is 59.5. The van der Waals surface area contributed by atoms with Gasteiger partial charge in [0.1, 0.15) is 12.6 Å². The van der Waals surface area contributed by atoms with Crippen LogP contribution in [0.5, 0.6) is 0 Å². The molecule has 0 aliphatic carbocycles. The number of nitrogens with one attached hydrogen (secondary N) is 2. The second kappa shape index (κ2) is 13.7. The van der Waals surface area contributed by atoms with Gasteiger partial charge in [-0.15, -0.1) is 0 Å². The Hall–Kier alpha value is -3.14. The van der Waals surface area contributed by atoms with Crippen molar-refractivity contribution in [3.05, 3.63) is 34.9 Å². The minimum atomic E-state index is -0.775. The fourth-order valence-electron chi connectivity index (χ4n) is 3.42. The molecule has 35 heavy (non-hydrogen) atoms. The van der Waals surface area contributed by atoms with Crippen molar-refractivity contribution in [3.8, 4) is 0 Å². The maximum atomic E-state index is 12.5. The summed E-state index contributed by atoms with van der Waals surface area (Å²) < 4.78 is 10.0. The van der Waals surface area contributed by atoms with Gasteiger partial charge in [0.2, 0.25) is 11.8 Å². The van der Waals surface area contributed by atoms with Crippen LogP contribution in [0.15, 0.2) is 24.3 Å². The zero-order chi connectivity index (χ0) is 26.0. The van der Waals surface area contributed by atoms with Gasteiger partial charge in [-0.3, -0.25) is 19.2 Å². The van der Waals surface area contributed by atoms with Crippen LogP contribution in [0.3, 0.4) is 0 Å². The van der Waals surface area contributed by atoms with Crippen molar-refractivity contribution in [2.24, 2.45) is 5.92 Å². The molecule has 2 aliphatic heterocycles. The highest BCUT2D eigenvalue weighted by Gasteiger charge is 2.39. The molecule has 0 aromatic heterocycles. The minimum absolute atomic E-state index is 0.0201. The Morgan fingerprint density at radius 2 is 1.97 bits per heavy atom. The molecule has 2 aliphatic rings. The van der Waals surface area contributed by atoms with Crippen LogP contribution in [-0.4, -0.2) is 66.3 Å². The molecule has 0 spiro atoms. The van der Waals surface area contributed by atoms with E-state index in [0.29, 0.717) is 11.4 Å². The predicted molar refractivity (Wildman–Crippen MR) is 127 cm³/mol. The topological polar surface area (TPSA) is 131 Å². The van der Waals surface area contributed by atoms with Crippen LogP contribution in [0.1, 0.15) is 45.6 Å². The average molecular weight is 510 g/mol. The number of ether oxygens (including phenoxy) is 2. The van der Waals surface area contributed by atoms with E-state index in [9.17, 15) is 24.0 Å². The standard InChI is InChI=1S/C20H25ClN2O6.C4H7NO/c1-12(2)19(26)28-11-16(24)9-23-13(3)7-17(18(23)25)22-20(27)29-10-14-5-4-6-15(21)8-14;6-4-2-1-3-5-4/h4-6,8,12-13,17H,7,9-11H2,1-3H3,(H,22,27);1-3H2,(H,5,6). The number of nitrogens with zero attached hydrogens (tertiary/aromatic N) is 1. The van der Waals surface area contributed by atoms with E-state index in [0.717, 1.165) is 24.9 Å². The molecule has 0 bridgehead atoms. The molecule has 11 heteroatoms. The lowest BCUT2D eigenvalue weighted by Gasteiger charge is -2.20. The van der Waals surface area contributed by atoms with Crippen LogP contribution in [0.2, 0.25) is 5.02 Å². The summed E-state index contributed by atoms with van der Waals surface area (Å²) in [6.45, 7) is 5.46. The summed E-state index contributed by atoms with van der Waals surface area (Å²) in [7, 11) is 0. The predicted octanol–water partition coefficient (Wildman–Crippen LogP) is 2.22. The molecule has 3 rings (SSSR count). The lowest BCUT2D eigenvalue weighted by Crippen LogP contribution is -2.44. The van der Waals surface area contributed by atoms with Gasteiger partial charge >= 0.3 is 12.1 Å². The Morgan fingerprint density at radius 1 is 1.23 bits per heavy atom. The number of carbonyl (C=O) groups excluding carboxylic acids is 5. The van der Waals surface area contributed by atoms with Crippen LogP contribution < -0.4 is 10.6 Å². The molecule has 1 aromatic carbocycles. The molecule has 2 atom stereocenters. The minimum Gasteiger partial charge on any atom is -0.457 e. The molecular formula is C24H32ClN3O7. The van der Waals surface area contributed by atoms with E-state index >= 15 is 0 Å². The van der Waals surface area contributed by atoms with Crippen LogP contribution in [-0.2, 0) is 35.3 Å². The zero-order valence-electron chi connectivity index (χ0n) is 20.2. The number of Topliss-reactive ketones (excluding diaryl/α,β-unsaturated/α-hetero) is 1. The van der Waals surface area contributed by atoms with Crippen LogP contribution in [0.25, 0.3) is 0 Å². The number of hydrogen-bond donors (Lipinski definition) is 2. The van der Waals surface area contributed by atoms with Crippen molar-refractivity contribution >= 4 is 41.3 Å². The first-order valence-corrected chi connectivity index (χ1v) is 11.9. The molecule has 10 nitrogen and oxygen atoms in total. The Morgan fingerprint density at radius 3 is 2.54 bits per heavy atom. The van der Waals surface area contributed by atoms with E-state index in [1.807, 2.05) is 0 Å². The van der Waals surface area contributed by atoms with Gasteiger partial charge in [-0.25, -0.2) is 4.79 Å². The number of ketones is 1. The third-order valence-electron chi connectivity index (χ3n) is 5.34. The largest absolute Gasteiger partial charge is 0.457 e. The van der Waals surface area contributed by atoms with Crippen LogP contribution in [0, 0.1) is 5.92 Å². The number of alkyl carbamates (subject to hydrolysis) is 1. The van der Waals surface area contributed by atoms with E-state index < -0.39 is 18.1 Å². The molecule has 3 amide bonds. The number of benzene rings is 1. The first-order chi connectivity index (χ1) is 16.6. The van der Waals surface area contributed by atoms with E-state index in [1.165, 1.54) is 4.90 Å². The van der Waals surface area contributed by atoms with Gasteiger partial charge in [0.15, 0.2) is 12.4 Å². The van der Waals surface area contributed by atoms with Gasteiger partial charge in [0.05, 0.1) is 12.5 Å². The van der Waals surface area contributed by atoms with Crippen LogP contribution >= 0.6 is 11.6 Å². The van der Waals surface area contributed by atoms with Gasteiger partial charge in [-0.05, 0) is 37.5 Å². The Balaban J connectivity index is 0.000000625. The van der Waals surface area contributed by atoms with Crippen molar-refractivity contribution in [2.75, 3.05) is 19.7 Å². The lowest BCUT2D eigenvalue weighted by molar-refractivity contribution is -0.151. The molecule has 2 saturated heterocycles. The maximum Gasteiger partial charge on any atom is 0.408 e. The highest BCUT2D eigenvalue weighted by atomic mass is 35.5. The number of hydrogen-bond acceptors (Lipinski definition) is 7. The summed E-state index contributed by atoms with van der Waals surface area (Å²) in [6, 6.07) is 5.88. The summed E-state index contributed by atoms with van der Waals surface area (Å²) >= 11 is 5.88. The van der Waals surface area contributed by atoms with Crippen molar-refractivity contribution in [2.45, 2.75) is 58.7 Å². The molecule has 2 fully saturated rings. The van der Waals surface area contributed by atoms with Gasteiger partial charge < -0.3 is 25.0 Å². The van der Waals surface area contributed by atoms with Crippen molar-refractivity contribution in [1.29, 1.82) is 0 Å². The van der Waals surface area contributed by atoms with Crippen LogP contribution in [0.4, 0.5) is 4.79 Å². The monoisotopic (exact) mass is 509 g/mol. The van der Waals surface area contributed by atoms with E-state index in [1.54, 1.807) is 45.0 Å². The van der Waals surface area contributed by atoms with Gasteiger partial charge in [0, 0.05) is 24.0 Å². The molecular weight excluding hydrogens is 478 g/mol. The van der Waals surface area contributed by atoms with Crippen molar-refractivity contribution < 1.29 is 33.4 Å². The zero-order valence-corrected chi connectivity index (χ0v) is 20.9. The highest BCUT2D eigenvalue weighted by molar-refractivity contribution is 6.30. The number of halogens is 1. The fourth-order valence-corrected chi connectivity index (χ4v) is 3.63. The normalized spacial score (nSPS) is 19.1. The molecule has 2 unspecified atom stereocenters. The number of rotatable bonds is 8. The third-order valence-corrected chi connectivity index (χ3v) is 5.57. The Bertz CT molecular complexity index is 929. The Kier molecular flexibility index (Phi) is 11.0. The van der Waals surface area contributed by atoms with Gasteiger partial charge in [0.25, 0.3) is 0 Å². The number of carbonyl (C=O) groups is 5. The average Bonchev–Trinajstić information content (AvgIpc) is 3.38. The van der Waals surface area contributed by atoms with E-state index in [-0.39, 0.29) is 49.3 Å². The van der Waals surface area contributed by atoms with Crippen molar-refractivity contribution in [1.82, 2.24) is 15.5 Å². The number of amides is 3. The summed E-state index contributed by atoms with van der Waals surface area (Å²) in [5, 5.41) is 5.74. The molecule has 0 saturated carbocycles. The smallest absolute Gasteiger partial charge is 0.408 e. The number of likely N-dealkylation sites (tertiary alicyclic amines) is 1. The number of esters is 1. The lowest BCUT2D eigenvalue weighted by atomic mass is 10.2. The fraction of sp³-hybridized carbons (Fsp3) is 0.542. The maximum absolute atomic E-state index is 12.5. The molecule has 2 heterocycles. The second-order valence-electron chi connectivity index (χ2n) is 8.71. The first kappa shape index (κ1) is 28.1. The van der Waals surface area contributed by atoms with Crippen molar-refractivity contribution in [3.63, 3.8) is 0 Å². The summed E-state index contributed by atoms with van der Waals surface area (Å²) in [6.07, 6.45) is 1.39.